The van der Waals surface area contributed by atoms with Crippen molar-refractivity contribution in [3.8, 4) is 0 Å². The highest BCUT2D eigenvalue weighted by Crippen LogP contribution is 2.37. The molecule has 3 fully saturated rings. The molecule has 7 rings (SSSR count). The minimum absolute atomic E-state index is 0. The van der Waals surface area contributed by atoms with Crippen molar-refractivity contribution in [2.24, 2.45) is 0 Å². The molecule has 66 heavy (non-hydrogen) atoms. The van der Waals surface area contributed by atoms with Crippen LogP contribution in [0.1, 0.15) is 91.0 Å². The Labute approximate surface area is 409 Å². The lowest BCUT2D eigenvalue weighted by Crippen LogP contribution is -2.47. The number of hydrogen-bond acceptors (Lipinski definition) is 9. The molecule has 0 radical (unpaired) electrons. The van der Waals surface area contributed by atoms with Crippen LogP contribution in [0.3, 0.4) is 0 Å². The number of aromatic nitrogens is 4. The van der Waals surface area contributed by atoms with Gasteiger partial charge in [0.05, 0.1) is 17.1 Å². The van der Waals surface area contributed by atoms with Crippen molar-refractivity contribution in [2.45, 2.75) is 155 Å². The molecule has 14 nitrogen and oxygen atoms in total. The van der Waals surface area contributed by atoms with Crippen LogP contribution in [0, 0.1) is 0 Å². The molecule has 2 aromatic heterocycles. The average Bonchev–Trinajstić information content (AvgIpc) is 4.01. The summed E-state index contributed by atoms with van der Waals surface area (Å²) in [6.45, 7) is 32.7. The van der Waals surface area contributed by atoms with Crippen molar-refractivity contribution < 1.29 is 33.1 Å². The maximum Gasteiger partial charge on any atom is 0.411 e. The van der Waals surface area contributed by atoms with Gasteiger partial charge < -0.3 is 33.3 Å². The van der Waals surface area contributed by atoms with Gasteiger partial charge in [-0.05, 0) is 110 Å². The largest absolute Gasteiger partial charge is 0.444 e. The van der Waals surface area contributed by atoms with Crippen molar-refractivity contribution >= 4 is 88.8 Å². The molecular weight excluding hydrogens is 905 g/mol. The third kappa shape index (κ3) is 13.4. The number of aromatic amines is 1. The van der Waals surface area contributed by atoms with Crippen LogP contribution >= 0.6 is 27.0 Å². The molecule has 0 aliphatic carbocycles. The van der Waals surface area contributed by atoms with E-state index < -0.39 is 27.3 Å². The molecule has 0 bridgehead atoms. The number of piperazine rings is 1. The molecule has 0 spiro atoms. The first-order valence-electron chi connectivity index (χ1n) is 23.7. The Balaban J connectivity index is 0.00000408. The van der Waals surface area contributed by atoms with E-state index in [1.54, 1.807) is 0 Å². The standard InChI is InChI=1S/C48H76N8O6Si2.2H2S/c1-47(2,3)61-45(57)53-21-13-15-39(53)43-49-37-19-17-35(31-41(37)55(43)33-59-27-29-63(7,8)9)51-23-25-52(26-24-51)36-18-20-38-42(32-36)56(34-60-28-30-64(10,11)12)44(50-38)40-16-14-22-54(40)46(58)62-48(4,5)6;;/h17-20,31-32,39-40H,13-16,21-30,33-34H2,1-12H3;2*1H2/p+1/t39-,40-;;/m0../s1. The van der Waals surface area contributed by atoms with E-state index in [0.717, 1.165) is 103 Å². The maximum atomic E-state index is 13.4. The first-order chi connectivity index (χ1) is 30.0. The lowest BCUT2D eigenvalue weighted by molar-refractivity contribution is -0.717. The molecule has 3 aliphatic rings. The highest BCUT2D eigenvalue weighted by Gasteiger charge is 2.41. The molecule has 3 aliphatic heterocycles. The summed E-state index contributed by atoms with van der Waals surface area (Å²) in [5.74, 6) is 1.85. The third-order valence-electron chi connectivity index (χ3n) is 12.4. The molecule has 368 valence electrons. The number of benzene rings is 2. The van der Waals surface area contributed by atoms with Crippen molar-refractivity contribution in [3.63, 3.8) is 0 Å². The maximum absolute atomic E-state index is 13.4. The molecule has 3 saturated heterocycles. The van der Waals surface area contributed by atoms with Gasteiger partial charge in [-0.15, -0.1) is 0 Å². The summed E-state index contributed by atoms with van der Waals surface area (Å²) >= 11 is 0. The number of imidazole rings is 2. The van der Waals surface area contributed by atoms with E-state index in [1.807, 2.05) is 51.3 Å². The van der Waals surface area contributed by atoms with Gasteiger partial charge in [0, 0.05) is 86.1 Å². The molecule has 5 heterocycles. The second-order valence-electron chi connectivity index (χ2n) is 22.5. The fraction of sp³-hybridized carbons (Fsp3) is 0.667. The highest BCUT2D eigenvalue weighted by molar-refractivity contribution is 7.59. The van der Waals surface area contributed by atoms with Gasteiger partial charge in [0.1, 0.15) is 29.8 Å². The summed E-state index contributed by atoms with van der Waals surface area (Å²) < 4.78 is 29.0. The molecule has 18 heteroatoms. The lowest BCUT2D eigenvalue weighted by Gasteiger charge is -2.37. The number of ether oxygens (including phenoxy) is 4. The average molecular weight is 987 g/mol. The quantitative estimate of drug-likeness (QED) is 0.0748. The minimum Gasteiger partial charge on any atom is -0.444 e. The number of nitrogens with one attached hydrogen (secondary N) is 1. The van der Waals surface area contributed by atoms with Crippen molar-refractivity contribution in [1.82, 2.24) is 24.3 Å². The van der Waals surface area contributed by atoms with E-state index in [0.29, 0.717) is 39.8 Å². The topological polar surface area (TPSA) is 122 Å². The molecule has 0 unspecified atom stereocenters. The second kappa shape index (κ2) is 21.5. The first kappa shape index (κ1) is 53.5. The summed E-state index contributed by atoms with van der Waals surface area (Å²) in [5.41, 5.74) is 5.22. The van der Waals surface area contributed by atoms with Crippen LogP contribution in [0.15, 0.2) is 36.4 Å². The van der Waals surface area contributed by atoms with Gasteiger partial charge in [0.25, 0.3) is 5.82 Å². The number of anilines is 2. The Bertz CT molecular complexity index is 2110. The Hall–Kier alpha value is -3.43. The smallest absolute Gasteiger partial charge is 0.411 e. The summed E-state index contributed by atoms with van der Waals surface area (Å²) in [6.07, 6.45) is 2.95. The summed E-state index contributed by atoms with van der Waals surface area (Å²) in [5, 5.41) is 0. The number of likely N-dealkylation sites (tertiary alicyclic amines) is 2. The number of carbonyl (C=O) groups excluding carboxylic acids is 2. The van der Waals surface area contributed by atoms with Crippen LogP contribution in [0.2, 0.25) is 51.4 Å². The third-order valence-corrected chi connectivity index (χ3v) is 15.8. The van der Waals surface area contributed by atoms with Gasteiger partial charge >= 0.3 is 12.2 Å². The van der Waals surface area contributed by atoms with Gasteiger partial charge in [-0.2, -0.15) is 27.0 Å². The van der Waals surface area contributed by atoms with Gasteiger partial charge in [-0.25, -0.2) is 24.1 Å². The molecule has 1 N–H and O–H groups in total. The van der Waals surface area contributed by atoms with Gasteiger partial charge in [-0.1, -0.05) is 39.3 Å². The zero-order valence-corrected chi connectivity index (χ0v) is 46.0. The van der Waals surface area contributed by atoms with E-state index in [4.69, 9.17) is 23.9 Å². The number of amides is 2. The zero-order chi connectivity index (χ0) is 46.2. The molecule has 2 atom stereocenters. The van der Waals surface area contributed by atoms with E-state index in [9.17, 15) is 9.59 Å². The van der Waals surface area contributed by atoms with Crippen LogP contribution < -0.4 is 14.4 Å². The molecule has 2 aromatic carbocycles. The van der Waals surface area contributed by atoms with Gasteiger partial charge in [-0.3, -0.25) is 9.80 Å². The highest BCUT2D eigenvalue weighted by atomic mass is 32.1. The zero-order valence-electron chi connectivity index (χ0n) is 42.0. The number of hydrogen-bond donors (Lipinski definition) is 1. The second-order valence-corrected chi connectivity index (χ2v) is 33.8. The normalized spacial score (nSPS) is 18.5. The molecule has 0 saturated carbocycles. The summed E-state index contributed by atoms with van der Waals surface area (Å²) in [6, 6.07) is 15.1. The minimum atomic E-state index is -1.28. The number of H-pyrrole nitrogens is 1. The predicted octanol–water partition coefficient (Wildman–Crippen LogP) is 10.1. The fourth-order valence-corrected chi connectivity index (χ4v) is 10.5. The summed E-state index contributed by atoms with van der Waals surface area (Å²) in [4.78, 5) is 44.5. The van der Waals surface area contributed by atoms with E-state index >= 15 is 0 Å². The van der Waals surface area contributed by atoms with Gasteiger partial charge in [0.2, 0.25) is 0 Å². The summed E-state index contributed by atoms with van der Waals surface area (Å²) in [7, 11) is -2.56. The number of nitrogens with zero attached hydrogens (tertiary/aromatic N) is 7. The first-order valence-corrected chi connectivity index (χ1v) is 31.2. The Morgan fingerprint density at radius 1 is 0.712 bits per heavy atom. The molecular formula is C48H81N8O6S2Si2+. The van der Waals surface area contributed by atoms with Crippen LogP contribution in [-0.4, -0.2) is 116 Å². The van der Waals surface area contributed by atoms with Crippen LogP contribution in [0.5, 0.6) is 0 Å². The Kier molecular flexibility index (Phi) is 17.4. The number of fused-ring (bicyclic) bond motifs is 2. The van der Waals surface area contributed by atoms with Crippen molar-refractivity contribution in [1.29, 1.82) is 0 Å². The Morgan fingerprint density at radius 2 is 1.23 bits per heavy atom. The number of carbonyl (C=O) groups is 2. The SMILES string of the molecule is CC(C)(C)OC(=O)N1CCC[C@H]1c1nc2ccc(N3CCN(c4ccc5[nH]c([C@@H]6CCCN6C(=O)OC(C)(C)C)[n+](COCC[Si](C)(C)C)c5c4)CC3)cc2n1COCC[Si](C)(C)C.S.S. The fourth-order valence-electron chi connectivity index (χ4n) is 8.96. The van der Waals surface area contributed by atoms with Crippen LogP contribution in [0.25, 0.3) is 22.1 Å². The van der Waals surface area contributed by atoms with Crippen LogP contribution in [0.4, 0.5) is 21.0 Å². The van der Waals surface area contributed by atoms with Crippen LogP contribution in [-0.2, 0) is 32.4 Å². The lowest BCUT2D eigenvalue weighted by atomic mass is 10.2. The van der Waals surface area contributed by atoms with E-state index in [1.165, 1.54) is 5.69 Å². The Morgan fingerprint density at radius 3 is 1.79 bits per heavy atom. The van der Waals surface area contributed by atoms with Crippen molar-refractivity contribution in [2.75, 3.05) is 62.3 Å². The molecule has 4 aromatic rings. The van der Waals surface area contributed by atoms with Crippen molar-refractivity contribution in [3.05, 3.63) is 48.0 Å². The van der Waals surface area contributed by atoms with E-state index in [-0.39, 0.29) is 51.3 Å². The van der Waals surface area contributed by atoms with Gasteiger partial charge in [0.15, 0.2) is 17.8 Å². The predicted molar refractivity (Wildman–Crippen MR) is 281 cm³/mol. The molecule has 2 amide bonds. The monoisotopic (exact) mass is 986 g/mol. The number of rotatable bonds is 14. The van der Waals surface area contributed by atoms with E-state index in [2.05, 4.69) is 99.6 Å².